The highest BCUT2D eigenvalue weighted by Crippen LogP contribution is 2.18. The number of carbonyl (C=O) groups is 1. The molecule has 0 saturated carbocycles. The Morgan fingerprint density at radius 2 is 2.32 bits per heavy atom. The van der Waals surface area contributed by atoms with Crippen LogP contribution in [-0.4, -0.2) is 26.9 Å². The molecular weight excluding hydrogens is 246 g/mol. The first-order valence-corrected chi connectivity index (χ1v) is 5.83. The van der Waals surface area contributed by atoms with Gasteiger partial charge in [0.05, 0.1) is 18.4 Å². The predicted octanol–water partition coefficient (Wildman–Crippen LogP) is 2.17. The standard InChI is InChI=1S/C13H11N3O3/c1-2-18-13(17)10-8-16-7-9(3-4-11(16)15-10)12-14-5-6-19-12/h3-8H,2H2,1H3. The van der Waals surface area contributed by atoms with Crippen molar-refractivity contribution < 1.29 is 13.9 Å². The van der Waals surface area contributed by atoms with Gasteiger partial charge in [-0.3, -0.25) is 0 Å². The molecule has 3 heterocycles. The maximum Gasteiger partial charge on any atom is 0.358 e. The number of rotatable bonds is 3. The van der Waals surface area contributed by atoms with Crippen LogP contribution in [-0.2, 0) is 4.74 Å². The van der Waals surface area contributed by atoms with Crippen LogP contribution in [0.3, 0.4) is 0 Å². The SMILES string of the molecule is CCOC(=O)c1cn2cc(-c3ncco3)ccc2n1. The van der Waals surface area contributed by atoms with E-state index >= 15 is 0 Å². The molecule has 0 saturated heterocycles. The molecule has 0 aliphatic heterocycles. The zero-order chi connectivity index (χ0) is 13.2. The van der Waals surface area contributed by atoms with Crippen LogP contribution < -0.4 is 0 Å². The third-order valence-corrected chi connectivity index (χ3v) is 2.61. The molecule has 6 heteroatoms. The van der Waals surface area contributed by atoms with Crippen LogP contribution in [0.4, 0.5) is 0 Å². The van der Waals surface area contributed by atoms with Crippen molar-refractivity contribution in [2.75, 3.05) is 6.61 Å². The molecule has 0 fully saturated rings. The first kappa shape index (κ1) is 11.5. The van der Waals surface area contributed by atoms with E-state index in [4.69, 9.17) is 9.15 Å². The number of nitrogens with zero attached hydrogens (tertiary/aromatic N) is 3. The zero-order valence-electron chi connectivity index (χ0n) is 10.2. The third-order valence-electron chi connectivity index (χ3n) is 2.61. The van der Waals surface area contributed by atoms with Gasteiger partial charge in [-0.05, 0) is 19.1 Å². The number of oxazole rings is 1. The van der Waals surface area contributed by atoms with Crippen molar-refractivity contribution >= 4 is 11.6 Å². The zero-order valence-corrected chi connectivity index (χ0v) is 10.2. The van der Waals surface area contributed by atoms with Crippen LogP contribution in [0.15, 0.2) is 41.4 Å². The van der Waals surface area contributed by atoms with Crippen LogP contribution in [0.5, 0.6) is 0 Å². The molecule has 0 bridgehead atoms. The lowest BCUT2D eigenvalue weighted by molar-refractivity contribution is 0.0520. The first-order chi connectivity index (χ1) is 9.28. The fraction of sp³-hybridized carbons (Fsp3) is 0.154. The second-order valence-corrected chi connectivity index (χ2v) is 3.87. The number of esters is 1. The largest absolute Gasteiger partial charge is 0.461 e. The fourth-order valence-electron chi connectivity index (χ4n) is 1.79. The van der Waals surface area contributed by atoms with Gasteiger partial charge < -0.3 is 13.6 Å². The van der Waals surface area contributed by atoms with E-state index < -0.39 is 5.97 Å². The molecule has 0 spiro atoms. The lowest BCUT2D eigenvalue weighted by Crippen LogP contribution is -2.04. The minimum absolute atomic E-state index is 0.284. The lowest BCUT2D eigenvalue weighted by Gasteiger charge is -1.96. The van der Waals surface area contributed by atoms with Crippen molar-refractivity contribution in [2.45, 2.75) is 6.92 Å². The van der Waals surface area contributed by atoms with Gasteiger partial charge in [0.25, 0.3) is 0 Å². The van der Waals surface area contributed by atoms with Crippen LogP contribution in [0.25, 0.3) is 17.1 Å². The molecular formula is C13H11N3O3. The minimum Gasteiger partial charge on any atom is -0.461 e. The number of pyridine rings is 1. The van der Waals surface area contributed by atoms with E-state index in [0.717, 1.165) is 5.56 Å². The second kappa shape index (κ2) is 4.56. The Hall–Kier alpha value is -2.63. The highest BCUT2D eigenvalue weighted by Gasteiger charge is 2.12. The van der Waals surface area contributed by atoms with E-state index in [1.54, 1.807) is 36.0 Å². The van der Waals surface area contributed by atoms with Gasteiger partial charge in [-0.25, -0.2) is 14.8 Å². The third kappa shape index (κ3) is 2.08. The second-order valence-electron chi connectivity index (χ2n) is 3.87. The minimum atomic E-state index is -0.427. The van der Waals surface area contributed by atoms with Crippen molar-refractivity contribution in [2.24, 2.45) is 0 Å². The fourth-order valence-corrected chi connectivity index (χ4v) is 1.79. The molecule has 6 nitrogen and oxygen atoms in total. The summed E-state index contributed by atoms with van der Waals surface area (Å²) >= 11 is 0. The van der Waals surface area contributed by atoms with Crippen molar-refractivity contribution in [3.05, 3.63) is 42.7 Å². The molecule has 3 rings (SSSR count). The van der Waals surface area contributed by atoms with Crippen LogP contribution in [0, 0.1) is 0 Å². The monoisotopic (exact) mass is 257 g/mol. The number of hydrogen-bond acceptors (Lipinski definition) is 5. The average Bonchev–Trinajstić information content (AvgIpc) is 3.07. The number of aromatic nitrogens is 3. The maximum atomic E-state index is 11.6. The van der Waals surface area contributed by atoms with E-state index in [-0.39, 0.29) is 5.69 Å². The number of ether oxygens (including phenoxy) is 1. The molecule has 0 aromatic carbocycles. The van der Waals surface area contributed by atoms with Crippen molar-refractivity contribution in [1.29, 1.82) is 0 Å². The van der Waals surface area contributed by atoms with E-state index in [0.29, 0.717) is 18.1 Å². The first-order valence-electron chi connectivity index (χ1n) is 5.83. The predicted molar refractivity (Wildman–Crippen MR) is 66.6 cm³/mol. The maximum absolute atomic E-state index is 11.6. The lowest BCUT2D eigenvalue weighted by atomic mass is 10.3. The summed E-state index contributed by atoms with van der Waals surface area (Å²) in [7, 11) is 0. The summed E-state index contributed by atoms with van der Waals surface area (Å²) in [5, 5.41) is 0. The summed E-state index contributed by atoms with van der Waals surface area (Å²) < 4.78 is 11.9. The van der Waals surface area contributed by atoms with Crippen LogP contribution in [0.1, 0.15) is 17.4 Å². The molecule has 0 aliphatic carbocycles. The van der Waals surface area contributed by atoms with Crippen molar-refractivity contribution in [3.8, 4) is 11.5 Å². The molecule has 0 amide bonds. The summed E-state index contributed by atoms with van der Waals surface area (Å²) in [6.45, 7) is 2.09. The molecule has 0 aliphatic rings. The van der Waals surface area contributed by atoms with Crippen LogP contribution >= 0.6 is 0 Å². The quantitative estimate of drug-likeness (QED) is 0.672. The summed E-state index contributed by atoms with van der Waals surface area (Å²) in [4.78, 5) is 19.9. The highest BCUT2D eigenvalue weighted by atomic mass is 16.5. The number of carbonyl (C=O) groups excluding carboxylic acids is 1. The van der Waals surface area contributed by atoms with E-state index in [1.807, 2.05) is 6.07 Å². The van der Waals surface area contributed by atoms with Crippen LogP contribution in [0.2, 0.25) is 0 Å². The molecule has 19 heavy (non-hydrogen) atoms. The Morgan fingerprint density at radius 1 is 1.42 bits per heavy atom. The smallest absolute Gasteiger partial charge is 0.358 e. The molecule has 3 aromatic rings. The Bertz CT molecular complexity index is 716. The number of fused-ring (bicyclic) bond motifs is 1. The summed E-state index contributed by atoms with van der Waals surface area (Å²) in [5.41, 5.74) is 1.76. The topological polar surface area (TPSA) is 69.6 Å². The summed E-state index contributed by atoms with van der Waals surface area (Å²) in [6, 6.07) is 3.63. The van der Waals surface area contributed by atoms with Gasteiger partial charge in [0, 0.05) is 12.4 Å². The number of hydrogen-bond donors (Lipinski definition) is 0. The summed E-state index contributed by atoms with van der Waals surface area (Å²) in [6.07, 6.45) is 6.52. The van der Waals surface area contributed by atoms with Crippen molar-refractivity contribution in [1.82, 2.24) is 14.4 Å². The van der Waals surface area contributed by atoms with E-state index in [2.05, 4.69) is 9.97 Å². The highest BCUT2D eigenvalue weighted by molar-refractivity contribution is 5.88. The molecule has 0 atom stereocenters. The van der Waals surface area contributed by atoms with Gasteiger partial charge in [-0.15, -0.1) is 0 Å². The molecule has 96 valence electrons. The molecule has 0 radical (unpaired) electrons. The van der Waals surface area contributed by atoms with E-state index in [9.17, 15) is 4.79 Å². The number of imidazole rings is 1. The normalized spacial score (nSPS) is 10.8. The van der Waals surface area contributed by atoms with Crippen molar-refractivity contribution in [3.63, 3.8) is 0 Å². The average molecular weight is 257 g/mol. The Kier molecular flexibility index (Phi) is 2.75. The molecule has 3 aromatic heterocycles. The Morgan fingerprint density at radius 3 is 3.05 bits per heavy atom. The van der Waals surface area contributed by atoms with Gasteiger partial charge in [-0.2, -0.15) is 0 Å². The molecule has 0 unspecified atom stereocenters. The van der Waals surface area contributed by atoms with Gasteiger partial charge in [-0.1, -0.05) is 0 Å². The Labute approximate surface area is 108 Å². The van der Waals surface area contributed by atoms with Gasteiger partial charge in [0.15, 0.2) is 5.69 Å². The van der Waals surface area contributed by atoms with Gasteiger partial charge >= 0.3 is 5.97 Å². The van der Waals surface area contributed by atoms with Gasteiger partial charge in [0.2, 0.25) is 5.89 Å². The van der Waals surface area contributed by atoms with E-state index in [1.165, 1.54) is 6.26 Å². The molecule has 0 N–H and O–H groups in total. The van der Waals surface area contributed by atoms with Gasteiger partial charge in [0.1, 0.15) is 11.9 Å². The Balaban J connectivity index is 2.02. The summed E-state index contributed by atoms with van der Waals surface area (Å²) in [5.74, 6) is 0.0946.